The van der Waals surface area contributed by atoms with Crippen LogP contribution < -0.4 is 5.73 Å². The predicted octanol–water partition coefficient (Wildman–Crippen LogP) is 1.31. The van der Waals surface area contributed by atoms with Gasteiger partial charge in [0.15, 0.2) is 0 Å². The number of nitrogens with zero attached hydrogens (tertiary/aromatic N) is 2. The normalized spacial score (nSPS) is 12.8. The van der Waals surface area contributed by atoms with E-state index in [2.05, 4.69) is 5.16 Å². The lowest BCUT2D eigenvalue weighted by Gasteiger charge is -2.21. The van der Waals surface area contributed by atoms with Crippen LogP contribution in [0.3, 0.4) is 0 Å². The van der Waals surface area contributed by atoms with E-state index in [0.29, 0.717) is 18.9 Å². The largest absolute Gasteiger partial charge is 0.361 e. The number of aryl methyl sites for hydroxylation is 1. The number of hydrogen-bond donors (Lipinski definition) is 1. The SMILES string of the molecule is Cc1cc(CN(C)C(=O)C(N)CC(C)C)no1. The van der Waals surface area contributed by atoms with Gasteiger partial charge in [0, 0.05) is 13.1 Å². The minimum atomic E-state index is -0.437. The highest BCUT2D eigenvalue weighted by Crippen LogP contribution is 2.08. The van der Waals surface area contributed by atoms with Crippen LogP contribution in [0, 0.1) is 12.8 Å². The Kier molecular flexibility index (Phi) is 4.69. The summed E-state index contributed by atoms with van der Waals surface area (Å²) in [4.78, 5) is 13.5. The molecule has 2 N–H and O–H groups in total. The Morgan fingerprint density at radius 3 is 2.71 bits per heavy atom. The monoisotopic (exact) mass is 239 g/mol. The van der Waals surface area contributed by atoms with Crippen molar-refractivity contribution in [1.29, 1.82) is 0 Å². The van der Waals surface area contributed by atoms with E-state index in [-0.39, 0.29) is 5.91 Å². The quantitative estimate of drug-likeness (QED) is 0.841. The van der Waals surface area contributed by atoms with E-state index in [9.17, 15) is 4.79 Å². The van der Waals surface area contributed by atoms with Crippen molar-refractivity contribution in [2.24, 2.45) is 11.7 Å². The summed E-state index contributed by atoms with van der Waals surface area (Å²) in [7, 11) is 1.73. The van der Waals surface area contributed by atoms with Crippen molar-refractivity contribution in [3.05, 3.63) is 17.5 Å². The maximum absolute atomic E-state index is 11.9. The van der Waals surface area contributed by atoms with Gasteiger partial charge in [0.05, 0.1) is 12.6 Å². The summed E-state index contributed by atoms with van der Waals surface area (Å²) in [5.74, 6) is 1.10. The maximum atomic E-state index is 11.9. The van der Waals surface area contributed by atoms with E-state index >= 15 is 0 Å². The molecule has 1 atom stereocenters. The van der Waals surface area contributed by atoms with Crippen LogP contribution in [0.15, 0.2) is 10.6 Å². The minimum Gasteiger partial charge on any atom is -0.361 e. The van der Waals surface area contributed by atoms with Crippen LogP contribution >= 0.6 is 0 Å². The molecule has 5 nitrogen and oxygen atoms in total. The van der Waals surface area contributed by atoms with E-state index in [1.165, 1.54) is 0 Å². The fourth-order valence-corrected chi connectivity index (χ4v) is 1.71. The molecule has 0 bridgehead atoms. The van der Waals surface area contributed by atoms with Crippen LogP contribution in [-0.2, 0) is 11.3 Å². The second-order valence-electron chi connectivity index (χ2n) is 4.86. The molecule has 96 valence electrons. The van der Waals surface area contributed by atoms with Gasteiger partial charge in [-0.15, -0.1) is 0 Å². The fourth-order valence-electron chi connectivity index (χ4n) is 1.71. The zero-order chi connectivity index (χ0) is 13.0. The fraction of sp³-hybridized carbons (Fsp3) is 0.667. The number of carbonyl (C=O) groups excluding carboxylic acids is 1. The Bertz CT molecular complexity index is 374. The van der Waals surface area contributed by atoms with Crippen LogP contribution in [0.4, 0.5) is 0 Å². The smallest absolute Gasteiger partial charge is 0.239 e. The molecular formula is C12H21N3O2. The van der Waals surface area contributed by atoms with Crippen LogP contribution in [0.2, 0.25) is 0 Å². The van der Waals surface area contributed by atoms with Gasteiger partial charge in [-0.1, -0.05) is 19.0 Å². The first-order valence-corrected chi connectivity index (χ1v) is 5.83. The standard InChI is InChI=1S/C12H21N3O2/c1-8(2)5-11(13)12(16)15(4)7-10-6-9(3)17-14-10/h6,8,11H,5,7,13H2,1-4H3. The average molecular weight is 239 g/mol. The number of aromatic nitrogens is 1. The Morgan fingerprint density at radius 1 is 1.59 bits per heavy atom. The Hall–Kier alpha value is -1.36. The summed E-state index contributed by atoms with van der Waals surface area (Å²) >= 11 is 0. The van der Waals surface area contributed by atoms with Gasteiger partial charge in [0.2, 0.25) is 5.91 Å². The highest BCUT2D eigenvalue weighted by molar-refractivity contribution is 5.81. The topological polar surface area (TPSA) is 72.4 Å². The highest BCUT2D eigenvalue weighted by atomic mass is 16.5. The molecule has 0 saturated heterocycles. The Morgan fingerprint density at radius 2 is 2.24 bits per heavy atom. The maximum Gasteiger partial charge on any atom is 0.239 e. The van der Waals surface area contributed by atoms with E-state index in [0.717, 1.165) is 11.5 Å². The first-order chi connectivity index (χ1) is 7.90. The molecule has 0 aliphatic rings. The lowest BCUT2D eigenvalue weighted by Crippen LogP contribution is -2.42. The molecular weight excluding hydrogens is 218 g/mol. The van der Waals surface area contributed by atoms with Crippen LogP contribution in [0.1, 0.15) is 31.7 Å². The molecule has 5 heteroatoms. The molecule has 0 fully saturated rings. The van der Waals surface area contributed by atoms with Crippen molar-refractivity contribution >= 4 is 5.91 Å². The molecule has 1 aromatic heterocycles. The Balaban J connectivity index is 2.52. The number of amides is 1. The highest BCUT2D eigenvalue weighted by Gasteiger charge is 2.19. The summed E-state index contributed by atoms with van der Waals surface area (Å²) in [6.07, 6.45) is 0.695. The van der Waals surface area contributed by atoms with Gasteiger partial charge < -0.3 is 15.2 Å². The van der Waals surface area contributed by atoms with Gasteiger partial charge >= 0.3 is 0 Å². The van der Waals surface area contributed by atoms with Gasteiger partial charge in [0.1, 0.15) is 11.5 Å². The van der Waals surface area contributed by atoms with Crippen molar-refractivity contribution in [2.45, 2.75) is 39.8 Å². The summed E-state index contributed by atoms with van der Waals surface area (Å²) < 4.78 is 4.95. The van der Waals surface area contributed by atoms with Gasteiger partial charge in [-0.05, 0) is 19.3 Å². The van der Waals surface area contributed by atoms with Crippen molar-refractivity contribution in [3.63, 3.8) is 0 Å². The second-order valence-corrected chi connectivity index (χ2v) is 4.86. The zero-order valence-corrected chi connectivity index (χ0v) is 10.9. The molecule has 1 unspecified atom stereocenters. The van der Waals surface area contributed by atoms with Gasteiger partial charge in [-0.3, -0.25) is 4.79 Å². The van der Waals surface area contributed by atoms with Crippen molar-refractivity contribution in [3.8, 4) is 0 Å². The molecule has 17 heavy (non-hydrogen) atoms. The van der Waals surface area contributed by atoms with Crippen molar-refractivity contribution < 1.29 is 9.32 Å². The summed E-state index contributed by atoms with van der Waals surface area (Å²) in [6, 6.07) is 1.38. The first-order valence-electron chi connectivity index (χ1n) is 5.83. The summed E-state index contributed by atoms with van der Waals surface area (Å²) in [5.41, 5.74) is 6.59. The van der Waals surface area contributed by atoms with Gasteiger partial charge in [0.25, 0.3) is 0 Å². The minimum absolute atomic E-state index is 0.0562. The van der Waals surface area contributed by atoms with Crippen molar-refractivity contribution in [1.82, 2.24) is 10.1 Å². The van der Waals surface area contributed by atoms with Crippen LogP contribution in [0.5, 0.6) is 0 Å². The predicted molar refractivity (Wildman–Crippen MR) is 65.1 cm³/mol. The Labute approximate surface area is 102 Å². The van der Waals surface area contributed by atoms with Crippen LogP contribution in [-0.4, -0.2) is 29.1 Å². The van der Waals surface area contributed by atoms with E-state index in [4.69, 9.17) is 10.3 Å². The molecule has 0 aliphatic heterocycles. The molecule has 0 saturated carbocycles. The lowest BCUT2D eigenvalue weighted by molar-refractivity contribution is -0.132. The number of hydrogen-bond acceptors (Lipinski definition) is 4. The molecule has 0 aliphatic carbocycles. The molecule has 0 radical (unpaired) electrons. The number of rotatable bonds is 5. The average Bonchev–Trinajstić information content (AvgIpc) is 2.61. The zero-order valence-electron chi connectivity index (χ0n) is 10.9. The van der Waals surface area contributed by atoms with E-state index in [1.54, 1.807) is 11.9 Å². The molecule has 1 amide bonds. The molecule has 1 heterocycles. The van der Waals surface area contributed by atoms with Crippen LogP contribution in [0.25, 0.3) is 0 Å². The van der Waals surface area contributed by atoms with E-state index in [1.807, 2.05) is 26.8 Å². The molecule has 1 aromatic rings. The molecule has 0 spiro atoms. The van der Waals surface area contributed by atoms with Gasteiger partial charge in [-0.25, -0.2) is 0 Å². The molecule has 1 rings (SSSR count). The number of carbonyl (C=O) groups is 1. The number of likely N-dealkylation sites (N-methyl/N-ethyl adjacent to an activating group) is 1. The van der Waals surface area contributed by atoms with E-state index < -0.39 is 6.04 Å². The summed E-state index contributed by atoms with van der Waals surface area (Å²) in [6.45, 7) is 6.35. The first kappa shape index (κ1) is 13.7. The third-order valence-electron chi connectivity index (χ3n) is 2.49. The second kappa shape index (κ2) is 5.82. The molecule has 0 aromatic carbocycles. The lowest BCUT2D eigenvalue weighted by atomic mass is 10.0. The van der Waals surface area contributed by atoms with Gasteiger partial charge in [-0.2, -0.15) is 0 Å². The summed E-state index contributed by atoms with van der Waals surface area (Å²) in [5, 5.41) is 3.85. The number of nitrogens with two attached hydrogens (primary N) is 1. The van der Waals surface area contributed by atoms with Crippen molar-refractivity contribution in [2.75, 3.05) is 7.05 Å². The third kappa shape index (κ3) is 4.19. The third-order valence-corrected chi connectivity index (χ3v) is 2.49.